The highest BCUT2D eigenvalue weighted by Crippen LogP contribution is 2.31. The molecule has 1 heterocycles. The van der Waals surface area contributed by atoms with Crippen LogP contribution in [-0.4, -0.2) is 20.6 Å². The van der Waals surface area contributed by atoms with E-state index in [1.165, 1.54) is 0 Å². The molecule has 21 heavy (non-hydrogen) atoms. The Morgan fingerprint density at radius 3 is 2.76 bits per heavy atom. The molecule has 0 aliphatic carbocycles. The Bertz CT molecular complexity index is 684. The topological polar surface area (TPSA) is 90.3 Å². The minimum atomic E-state index is -2.78. The Morgan fingerprint density at radius 2 is 2.24 bits per heavy atom. The number of aromatic amines is 1. The highest BCUT2D eigenvalue weighted by atomic mass is 79.9. The van der Waals surface area contributed by atoms with Crippen LogP contribution in [0.1, 0.15) is 17.8 Å². The fourth-order valence-electron chi connectivity index (χ4n) is 1.42. The number of hydrogen-bond acceptors (Lipinski definition) is 5. The summed E-state index contributed by atoms with van der Waals surface area (Å²) >= 11 is 2.99. The SMILES string of the molecule is N#CC(=CNc1c(F)cc(C(F)F)cc1Br)c1nn[nH]n1. The van der Waals surface area contributed by atoms with Gasteiger partial charge >= 0.3 is 0 Å². The second-order valence-electron chi connectivity index (χ2n) is 3.71. The standard InChI is InChI=1S/C11H6BrF3N6/c12-7-1-5(10(14)15)2-8(13)9(7)17-4-6(3-16)11-18-20-21-19-11/h1-2,4,10,17H,(H,18,19,20,21). The molecule has 0 aliphatic heterocycles. The van der Waals surface area contributed by atoms with Crippen molar-refractivity contribution in [3.05, 3.63) is 40.0 Å². The van der Waals surface area contributed by atoms with Gasteiger partial charge in [-0.3, -0.25) is 0 Å². The molecule has 0 saturated carbocycles. The van der Waals surface area contributed by atoms with E-state index in [1.54, 1.807) is 6.07 Å². The molecule has 0 bridgehead atoms. The number of hydrogen-bond donors (Lipinski definition) is 2. The van der Waals surface area contributed by atoms with Crippen LogP contribution in [0.2, 0.25) is 0 Å². The number of halogens is 4. The second kappa shape index (κ2) is 6.36. The lowest BCUT2D eigenvalue weighted by Crippen LogP contribution is -1.98. The van der Waals surface area contributed by atoms with Crippen molar-refractivity contribution in [2.75, 3.05) is 5.32 Å². The Labute approximate surface area is 124 Å². The quantitative estimate of drug-likeness (QED) is 0.819. The Kier molecular flexibility index (Phi) is 4.54. The third-order valence-electron chi connectivity index (χ3n) is 2.38. The lowest BCUT2D eigenvalue weighted by Gasteiger charge is -2.09. The van der Waals surface area contributed by atoms with Crippen molar-refractivity contribution in [3.63, 3.8) is 0 Å². The molecule has 2 rings (SSSR count). The van der Waals surface area contributed by atoms with Crippen LogP contribution in [0, 0.1) is 17.1 Å². The summed E-state index contributed by atoms with van der Waals surface area (Å²) in [4.78, 5) is 0. The predicted octanol–water partition coefficient (Wildman–Crippen LogP) is 3.02. The van der Waals surface area contributed by atoms with Gasteiger partial charge in [0.05, 0.1) is 5.69 Å². The maximum absolute atomic E-state index is 13.8. The predicted molar refractivity (Wildman–Crippen MR) is 70.4 cm³/mol. The molecular formula is C11H6BrF3N6. The van der Waals surface area contributed by atoms with E-state index in [9.17, 15) is 13.2 Å². The Balaban J connectivity index is 2.30. The van der Waals surface area contributed by atoms with Crippen LogP contribution in [-0.2, 0) is 0 Å². The van der Waals surface area contributed by atoms with Gasteiger partial charge in [-0.25, -0.2) is 13.2 Å². The van der Waals surface area contributed by atoms with E-state index < -0.39 is 17.8 Å². The minimum Gasteiger partial charge on any atom is -0.357 e. The summed E-state index contributed by atoms with van der Waals surface area (Å²) in [6, 6.07) is 3.60. The molecule has 0 atom stereocenters. The summed E-state index contributed by atoms with van der Waals surface area (Å²) in [6.45, 7) is 0. The van der Waals surface area contributed by atoms with Crippen molar-refractivity contribution in [2.45, 2.75) is 6.43 Å². The van der Waals surface area contributed by atoms with Gasteiger partial charge in [-0.15, -0.1) is 10.2 Å². The second-order valence-corrected chi connectivity index (χ2v) is 4.56. The van der Waals surface area contributed by atoms with E-state index in [0.717, 1.165) is 12.3 Å². The molecule has 2 aromatic rings. The maximum atomic E-state index is 13.8. The van der Waals surface area contributed by atoms with Gasteiger partial charge in [0.2, 0.25) is 5.82 Å². The molecule has 0 unspecified atom stereocenters. The summed E-state index contributed by atoms with van der Waals surface area (Å²) < 4.78 is 38.9. The van der Waals surface area contributed by atoms with E-state index in [-0.39, 0.29) is 21.6 Å². The van der Waals surface area contributed by atoms with Crippen molar-refractivity contribution < 1.29 is 13.2 Å². The number of benzene rings is 1. The molecule has 1 aromatic carbocycles. The van der Waals surface area contributed by atoms with Crippen LogP contribution in [0.3, 0.4) is 0 Å². The zero-order chi connectivity index (χ0) is 15.4. The molecule has 1 aromatic heterocycles. The molecule has 0 radical (unpaired) electrons. The number of allylic oxidation sites excluding steroid dienone is 1. The van der Waals surface area contributed by atoms with Crippen molar-refractivity contribution in [3.8, 4) is 6.07 Å². The van der Waals surface area contributed by atoms with Crippen molar-refractivity contribution in [2.24, 2.45) is 0 Å². The number of anilines is 1. The molecule has 0 saturated heterocycles. The molecule has 10 heteroatoms. The van der Waals surface area contributed by atoms with E-state index in [4.69, 9.17) is 5.26 Å². The summed E-state index contributed by atoms with van der Waals surface area (Å²) in [5.74, 6) is -0.868. The Hall–Kier alpha value is -2.41. The molecule has 0 amide bonds. The molecule has 0 fully saturated rings. The number of nitrogens with zero attached hydrogens (tertiary/aromatic N) is 4. The van der Waals surface area contributed by atoms with Gasteiger partial charge in [-0.05, 0) is 33.3 Å². The van der Waals surface area contributed by atoms with E-state index in [0.29, 0.717) is 6.07 Å². The lowest BCUT2D eigenvalue weighted by molar-refractivity contribution is 0.151. The van der Waals surface area contributed by atoms with Crippen LogP contribution >= 0.6 is 15.9 Å². The monoisotopic (exact) mass is 358 g/mol. The van der Waals surface area contributed by atoms with Gasteiger partial charge in [-0.2, -0.15) is 10.5 Å². The van der Waals surface area contributed by atoms with Crippen molar-refractivity contribution in [1.29, 1.82) is 5.26 Å². The van der Waals surface area contributed by atoms with E-state index in [1.807, 2.05) is 0 Å². The average Bonchev–Trinajstić information content (AvgIpc) is 2.95. The highest BCUT2D eigenvalue weighted by Gasteiger charge is 2.15. The van der Waals surface area contributed by atoms with Gasteiger partial charge in [0.25, 0.3) is 6.43 Å². The molecule has 0 spiro atoms. The normalized spacial score (nSPS) is 11.5. The number of alkyl halides is 2. The smallest absolute Gasteiger partial charge is 0.263 e. The van der Waals surface area contributed by atoms with Crippen molar-refractivity contribution in [1.82, 2.24) is 20.6 Å². The largest absolute Gasteiger partial charge is 0.357 e. The number of nitriles is 1. The fraction of sp³-hybridized carbons (Fsp3) is 0.0909. The van der Waals surface area contributed by atoms with Gasteiger partial charge in [0.15, 0.2) is 0 Å². The Morgan fingerprint density at radius 1 is 1.48 bits per heavy atom. The first-order chi connectivity index (χ1) is 10.0. The van der Waals surface area contributed by atoms with Crippen LogP contribution in [0.5, 0.6) is 0 Å². The van der Waals surface area contributed by atoms with Crippen LogP contribution in [0.15, 0.2) is 22.8 Å². The summed E-state index contributed by atoms with van der Waals surface area (Å²) in [5.41, 5.74) is -0.545. The first kappa shape index (κ1) is 15.0. The van der Waals surface area contributed by atoms with E-state index >= 15 is 0 Å². The summed E-state index contributed by atoms with van der Waals surface area (Å²) in [7, 11) is 0. The first-order valence-corrected chi connectivity index (χ1v) is 6.20. The number of tetrazole rings is 1. The third-order valence-corrected chi connectivity index (χ3v) is 3.01. The zero-order valence-electron chi connectivity index (χ0n) is 10.1. The molecule has 2 N–H and O–H groups in total. The van der Waals surface area contributed by atoms with Crippen LogP contribution < -0.4 is 5.32 Å². The van der Waals surface area contributed by atoms with E-state index in [2.05, 4.69) is 41.9 Å². The number of rotatable bonds is 4. The molecular weight excluding hydrogens is 353 g/mol. The number of H-pyrrole nitrogens is 1. The van der Waals surface area contributed by atoms with Gasteiger partial charge in [-0.1, -0.05) is 0 Å². The maximum Gasteiger partial charge on any atom is 0.263 e. The molecule has 6 nitrogen and oxygen atoms in total. The number of aromatic nitrogens is 4. The van der Waals surface area contributed by atoms with Crippen LogP contribution in [0.25, 0.3) is 5.57 Å². The molecule has 0 aliphatic rings. The van der Waals surface area contributed by atoms with Crippen molar-refractivity contribution >= 4 is 27.2 Å². The fourth-order valence-corrected chi connectivity index (χ4v) is 1.99. The first-order valence-electron chi connectivity index (χ1n) is 5.40. The highest BCUT2D eigenvalue weighted by molar-refractivity contribution is 9.10. The molecule has 108 valence electrons. The average molecular weight is 359 g/mol. The van der Waals surface area contributed by atoms with Gasteiger partial charge in [0.1, 0.15) is 17.5 Å². The van der Waals surface area contributed by atoms with Gasteiger partial charge < -0.3 is 5.32 Å². The summed E-state index contributed by atoms with van der Waals surface area (Å²) in [6.07, 6.45) is -1.63. The third kappa shape index (κ3) is 3.38. The van der Waals surface area contributed by atoms with Crippen LogP contribution in [0.4, 0.5) is 18.9 Å². The number of nitrogens with one attached hydrogen (secondary N) is 2. The zero-order valence-corrected chi connectivity index (χ0v) is 11.7. The minimum absolute atomic E-state index is 0.00649. The van der Waals surface area contributed by atoms with Gasteiger partial charge in [0, 0.05) is 16.2 Å². The lowest BCUT2D eigenvalue weighted by atomic mass is 10.2. The summed E-state index contributed by atoms with van der Waals surface area (Å²) in [5, 5.41) is 24.1.